The van der Waals surface area contributed by atoms with Crippen molar-refractivity contribution >= 4 is 38.3 Å². The molecule has 0 fully saturated rings. The minimum atomic E-state index is -3.71. The molecule has 1 heterocycles. The summed E-state index contributed by atoms with van der Waals surface area (Å²) in [5, 5.41) is 4.61. The number of amides is 2. The van der Waals surface area contributed by atoms with Crippen LogP contribution in [0.1, 0.15) is 43.4 Å². The lowest BCUT2D eigenvalue weighted by atomic mass is 10.0. The van der Waals surface area contributed by atoms with E-state index >= 15 is 0 Å². The average molecular weight is 584 g/mol. The zero-order chi connectivity index (χ0) is 29.9. The smallest absolute Gasteiger partial charge is 0.265 e. The van der Waals surface area contributed by atoms with Crippen LogP contribution in [0.2, 0.25) is 0 Å². The van der Waals surface area contributed by atoms with E-state index in [1.165, 1.54) is 4.31 Å². The molecule has 2 amide bonds. The summed E-state index contributed by atoms with van der Waals surface area (Å²) in [6.07, 6.45) is 0.788. The predicted molar refractivity (Wildman–Crippen MR) is 167 cm³/mol. The topological polar surface area (TPSA) is 86.8 Å². The van der Waals surface area contributed by atoms with Gasteiger partial charge in [0.1, 0.15) is 6.04 Å². The summed E-state index contributed by atoms with van der Waals surface area (Å²) in [4.78, 5) is 29.6. The Kier molecular flexibility index (Phi) is 8.64. The molecule has 4 aromatic carbocycles. The fourth-order valence-corrected chi connectivity index (χ4v) is 7.37. The number of rotatable bonds is 11. The van der Waals surface area contributed by atoms with Crippen molar-refractivity contribution in [2.45, 2.75) is 63.6 Å². The molecule has 5 rings (SSSR count). The third-order valence-corrected chi connectivity index (χ3v) is 9.59. The highest BCUT2D eigenvalue weighted by molar-refractivity contribution is 7.93. The van der Waals surface area contributed by atoms with Crippen molar-refractivity contribution in [1.82, 2.24) is 10.2 Å². The second-order valence-electron chi connectivity index (χ2n) is 11.1. The minimum Gasteiger partial charge on any atom is -0.352 e. The quantitative estimate of drug-likeness (QED) is 0.249. The summed E-state index contributed by atoms with van der Waals surface area (Å²) in [5.41, 5.74) is 3.60. The van der Waals surface area contributed by atoms with Crippen LogP contribution in [0.4, 0.5) is 5.69 Å². The van der Waals surface area contributed by atoms with Gasteiger partial charge in [-0.3, -0.25) is 13.9 Å². The summed E-state index contributed by atoms with van der Waals surface area (Å²) in [7, 11) is -3.71. The van der Waals surface area contributed by atoms with E-state index in [1.54, 1.807) is 17.0 Å². The number of carbonyl (C=O) groups is 2. The van der Waals surface area contributed by atoms with Gasteiger partial charge in [0, 0.05) is 37.4 Å². The van der Waals surface area contributed by atoms with Crippen LogP contribution in [-0.4, -0.2) is 43.8 Å². The molecule has 8 heteroatoms. The predicted octanol–water partition coefficient (Wildman–Crippen LogP) is 5.60. The third-order valence-electron chi connectivity index (χ3n) is 7.74. The van der Waals surface area contributed by atoms with Crippen LogP contribution in [-0.2, 0) is 32.6 Å². The molecule has 0 saturated carbocycles. The molecule has 7 nitrogen and oxygen atoms in total. The highest BCUT2D eigenvalue weighted by Gasteiger charge is 2.36. The number of nitrogens with zero attached hydrogens (tertiary/aromatic N) is 2. The van der Waals surface area contributed by atoms with Crippen molar-refractivity contribution in [2.75, 3.05) is 10.8 Å². The molecular weight excluding hydrogens is 546 g/mol. The zero-order valence-electron chi connectivity index (χ0n) is 24.3. The Hall–Kier alpha value is -4.17. The lowest BCUT2D eigenvalue weighted by Gasteiger charge is -2.32. The van der Waals surface area contributed by atoms with Gasteiger partial charge in [0.2, 0.25) is 11.8 Å². The number of hydrogen-bond acceptors (Lipinski definition) is 4. The average Bonchev–Trinajstić information content (AvgIpc) is 3.19. The molecule has 0 aliphatic carbocycles. The fraction of sp³-hybridized carbons (Fsp3) is 0.294. The number of benzene rings is 4. The maximum Gasteiger partial charge on any atom is 0.265 e. The molecule has 42 heavy (non-hydrogen) atoms. The fourth-order valence-electron chi connectivity index (χ4n) is 5.62. The summed E-state index contributed by atoms with van der Waals surface area (Å²) in [5.74, 6) is -0.398. The first-order valence-electron chi connectivity index (χ1n) is 14.4. The van der Waals surface area contributed by atoms with Crippen LogP contribution in [0.5, 0.6) is 0 Å². The first-order valence-corrected chi connectivity index (χ1v) is 15.8. The van der Waals surface area contributed by atoms with Gasteiger partial charge in [-0.1, -0.05) is 78.9 Å². The number of hydrogen-bond donors (Lipinski definition) is 1. The second kappa shape index (κ2) is 12.4. The molecule has 0 bridgehead atoms. The zero-order valence-corrected chi connectivity index (χ0v) is 25.1. The molecule has 0 saturated heterocycles. The van der Waals surface area contributed by atoms with Gasteiger partial charge in [0.05, 0.1) is 10.6 Å². The lowest BCUT2D eigenvalue weighted by Crippen LogP contribution is -2.52. The molecule has 1 aliphatic heterocycles. The van der Waals surface area contributed by atoms with Crippen molar-refractivity contribution < 1.29 is 18.0 Å². The van der Waals surface area contributed by atoms with Crippen LogP contribution in [0.3, 0.4) is 0 Å². The molecule has 0 radical (unpaired) electrons. The van der Waals surface area contributed by atoms with Gasteiger partial charge in [0.25, 0.3) is 10.0 Å². The third kappa shape index (κ3) is 6.04. The van der Waals surface area contributed by atoms with Crippen molar-refractivity contribution in [3.8, 4) is 0 Å². The normalized spacial score (nSPS) is 14.2. The lowest BCUT2D eigenvalue weighted by molar-refractivity contribution is -0.141. The molecule has 1 atom stereocenters. The highest BCUT2D eigenvalue weighted by atomic mass is 32.2. The Morgan fingerprint density at radius 3 is 2.29 bits per heavy atom. The van der Waals surface area contributed by atoms with Gasteiger partial charge in [-0.15, -0.1) is 0 Å². The molecule has 0 aromatic heterocycles. The van der Waals surface area contributed by atoms with Crippen molar-refractivity contribution in [2.24, 2.45) is 0 Å². The van der Waals surface area contributed by atoms with E-state index in [-0.39, 0.29) is 37.4 Å². The number of carbonyl (C=O) groups excluding carboxylic acids is 2. The number of sulfonamides is 1. The summed E-state index contributed by atoms with van der Waals surface area (Å²) in [6, 6.07) is 27.6. The molecule has 0 spiro atoms. The van der Waals surface area contributed by atoms with Gasteiger partial charge < -0.3 is 10.2 Å². The van der Waals surface area contributed by atoms with E-state index in [4.69, 9.17) is 0 Å². The van der Waals surface area contributed by atoms with E-state index in [2.05, 4.69) is 5.32 Å². The van der Waals surface area contributed by atoms with Crippen molar-refractivity contribution in [3.05, 3.63) is 108 Å². The van der Waals surface area contributed by atoms with E-state index in [1.807, 2.05) is 99.6 Å². The summed E-state index contributed by atoms with van der Waals surface area (Å²) in [6.45, 7) is 6.25. The summed E-state index contributed by atoms with van der Waals surface area (Å²) >= 11 is 0. The monoisotopic (exact) mass is 583 g/mol. The van der Waals surface area contributed by atoms with Crippen LogP contribution in [0.25, 0.3) is 10.8 Å². The van der Waals surface area contributed by atoms with Crippen molar-refractivity contribution in [3.63, 3.8) is 0 Å². The van der Waals surface area contributed by atoms with E-state index in [0.717, 1.165) is 27.5 Å². The van der Waals surface area contributed by atoms with Crippen molar-refractivity contribution in [1.29, 1.82) is 0 Å². The SMILES string of the molecule is Cc1ccccc1CN(C(=O)CCCN1c2cccc3cccc(c23)S1(=O)=O)[C@H](Cc1ccccc1)C(=O)NC(C)C. The van der Waals surface area contributed by atoms with Gasteiger partial charge in [0.15, 0.2) is 0 Å². The Balaban J connectivity index is 1.40. The molecule has 218 valence electrons. The molecular formula is C34H37N3O4S. The number of aryl methyl sites for hydroxylation is 1. The van der Waals surface area contributed by atoms with E-state index in [0.29, 0.717) is 23.4 Å². The molecule has 1 aliphatic rings. The maximum absolute atomic E-state index is 14.0. The van der Waals surface area contributed by atoms with E-state index < -0.39 is 16.1 Å². The second-order valence-corrected chi connectivity index (χ2v) is 13.0. The van der Waals surface area contributed by atoms with Gasteiger partial charge in [-0.25, -0.2) is 8.42 Å². The first kappa shape index (κ1) is 29.3. The Morgan fingerprint density at radius 2 is 1.57 bits per heavy atom. The maximum atomic E-state index is 14.0. The molecule has 0 unspecified atom stereocenters. The van der Waals surface area contributed by atoms with Gasteiger partial charge >= 0.3 is 0 Å². The summed E-state index contributed by atoms with van der Waals surface area (Å²) < 4.78 is 28.3. The number of anilines is 1. The van der Waals surface area contributed by atoms with Crippen LogP contribution in [0, 0.1) is 6.92 Å². The van der Waals surface area contributed by atoms with Gasteiger partial charge in [-0.05, 0) is 61.4 Å². The minimum absolute atomic E-state index is 0.0871. The van der Waals surface area contributed by atoms with Crippen LogP contribution < -0.4 is 9.62 Å². The van der Waals surface area contributed by atoms with E-state index in [9.17, 15) is 18.0 Å². The Morgan fingerprint density at radius 1 is 0.881 bits per heavy atom. The highest BCUT2D eigenvalue weighted by Crippen LogP contribution is 2.42. The van der Waals surface area contributed by atoms with Crippen LogP contribution in [0.15, 0.2) is 95.9 Å². The standard InChI is InChI=1S/C34H37N3O4S/c1-24(2)35-34(39)30(22-26-13-5-4-6-14-26)36(23-28-15-8-7-12-25(28)3)32(38)20-11-21-37-29-18-9-16-27-17-10-19-31(33(27)29)42(37,40)41/h4-10,12-19,24,30H,11,20-23H2,1-3H3,(H,35,39)/t30-/m1/s1. The van der Waals surface area contributed by atoms with Crippen LogP contribution >= 0.6 is 0 Å². The largest absolute Gasteiger partial charge is 0.352 e. The Bertz CT molecular complexity index is 1700. The molecule has 1 N–H and O–H groups in total. The number of nitrogens with one attached hydrogen (secondary N) is 1. The van der Waals surface area contributed by atoms with Gasteiger partial charge in [-0.2, -0.15) is 0 Å². The molecule has 4 aromatic rings. The Labute approximate surface area is 248 Å². The first-order chi connectivity index (χ1) is 20.2.